The van der Waals surface area contributed by atoms with E-state index in [2.05, 4.69) is 20.7 Å². The summed E-state index contributed by atoms with van der Waals surface area (Å²) in [7, 11) is 0. The second kappa shape index (κ2) is 9.71. The number of alkyl halides is 1. The highest BCUT2D eigenvalue weighted by Crippen LogP contribution is 2.34. The lowest BCUT2D eigenvalue weighted by atomic mass is 10.0. The van der Waals surface area contributed by atoms with Gasteiger partial charge < -0.3 is 21.1 Å². The van der Waals surface area contributed by atoms with Crippen molar-refractivity contribution in [3.8, 4) is 11.1 Å². The zero-order chi connectivity index (χ0) is 25.1. The van der Waals surface area contributed by atoms with Crippen LogP contribution in [0.15, 0.2) is 48.9 Å². The van der Waals surface area contributed by atoms with Gasteiger partial charge in [0.25, 0.3) is 0 Å². The summed E-state index contributed by atoms with van der Waals surface area (Å²) in [5.41, 5.74) is 6.54. The van der Waals surface area contributed by atoms with Gasteiger partial charge in [-0.15, -0.1) is 0 Å². The molecule has 4 rings (SSSR count). The Morgan fingerprint density at radius 1 is 1.09 bits per heavy atom. The SMILES string of the molecule is CCOC(=O)c1cn2ncnc(N)c2c1-c1ccc(NC(=O)Nc2cc(CF)ccc2F)c(F)c1. The molecule has 0 unspecified atom stereocenters. The van der Waals surface area contributed by atoms with E-state index >= 15 is 0 Å². The number of benzene rings is 2. The number of nitrogens with one attached hydrogen (secondary N) is 2. The van der Waals surface area contributed by atoms with Crippen LogP contribution >= 0.6 is 0 Å². The molecule has 35 heavy (non-hydrogen) atoms. The standard InChI is InChI=1S/C23H19F3N6O3/c1-2-35-22(33)14-10-32-20(21(27)28-11-29-32)19(14)13-4-6-17(16(26)8-13)30-23(34)31-18-7-12(9-24)3-5-15(18)25/h3-8,10-11H,2,9H2,1H3,(H2,27,28,29)(H2,30,31,34). The number of fused-ring (bicyclic) bond motifs is 1. The maximum absolute atomic E-state index is 15.0. The Balaban J connectivity index is 1.65. The molecule has 0 fully saturated rings. The number of hydrogen-bond donors (Lipinski definition) is 3. The number of rotatable bonds is 6. The van der Waals surface area contributed by atoms with Gasteiger partial charge in [-0.2, -0.15) is 5.10 Å². The van der Waals surface area contributed by atoms with Crippen LogP contribution in [0.3, 0.4) is 0 Å². The average Bonchev–Trinajstić information content (AvgIpc) is 3.23. The molecule has 2 aromatic heterocycles. The van der Waals surface area contributed by atoms with Crippen LogP contribution in [0.2, 0.25) is 0 Å². The molecule has 0 atom stereocenters. The van der Waals surface area contributed by atoms with E-state index < -0.39 is 30.3 Å². The van der Waals surface area contributed by atoms with Crippen LogP contribution in [0.4, 0.5) is 35.2 Å². The molecule has 2 aromatic carbocycles. The molecule has 4 N–H and O–H groups in total. The Labute approximate surface area is 196 Å². The maximum Gasteiger partial charge on any atom is 0.340 e. The minimum absolute atomic E-state index is 0.0603. The van der Waals surface area contributed by atoms with Crippen LogP contribution in [0.1, 0.15) is 22.8 Å². The van der Waals surface area contributed by atoms with Crippen LogP contribution in [0.25, 0.3) is 16.6 Å². The Kier molecular flexibility index (Phi) is 6.53. The van der Waals surface area contributed by atoms with E-state index in [-0.39, 0.29) is 51.6 Å². The van der Waals surface area contributed by atoms with Crippen molar-refractivity contribution in [1.29, 1.82) is 0 Å². The van der Waals surface area contributed by atoms with Crippen LogP contribution in [0, 0.1) is 11.6 Å². The highest BCUT2D eigenvalue weighted by atomic mass is 19.1. The van der Waals surface area contributed by atoms with Gasteiger partial charge in [0.1, 0.15) is 30.2 Å². The largest absolute Gasteiger partial charge is 0.462 e. The number of ether oxygens (including phenoxy) is 1. The average molecular weight is 484 g/mol. The summed E-state index contributed by atoms with van der Waals surface area (Å²) < 4.78 is 48.1. The summed E-state index contributed by atoms with van der Waals surface area (Å²) in [5.74, 6) is -2.22. The van der Waals surface area contributed by atoms with E-state index in [4.69, 9.17) is 10.5 Å². The zero-order valence-corrected chi connectivity index (χ0v) is 18.3. The number of anilines is 3. The fourth-order valence-electron chi connectivity index (χ4n) is 3.49. The molecule has 12 heteroatoms. The lowest BCUT2D eigenvalue weighted by Gasteiger charge is -2.11. The third-order valence-electron chi connectivity index (χ3n) is 5.04. The Hall–Kier alpha value is -4.61. The molecule has 0 spiro atoms. The molecule has 0 saturated heterocycles. The van der Waals surface area contributed by atoms with Crippen molar-refractivity contribution >= 4 is 34.7 Å². The number of esters is 1. The second-order valence-corrected chi connectivity index (χ2v) is 7.30. The lowest BCUT2D eigenvalue weighted by molar-refractivity contribution is 0.0527. The van der Waals surface area contributed by atoms with Crippen LogP contribution < -0.4 is 16.4 Å². The third-order valence-corrected chi connectivity index (χ3v) is 5.04. The van der Waals surface area contributed by atoms with Gasteiger partial charge in [-0.25, -0.2) is 32.3 Å². The molecule has 9 nitrogen and oxygen atoms in total. The fourth-order valence-corrected chi connectivity index (χ4v) is 3.49. The van der Waals surface area contributed by atoms with Crippen molar-refractivity contribution in [2.24, 2.45) is 0 Å². The fraction of sp³-hybridized carbons (Fsp3) is 0.130. The van der Waals surface area contributed by atoms with Crippen molar-refractivity contribution in [1.82, 2.24) is 14.6 Å². The van der Waals surface area contributed by atoms with E-state index in [1.807, 2.05) is 0 Å². The summed E-state index contributed by atoms with van der Waals surface area (Å²) >= 11 is 0. The number of nitrogens with zero attached hydrogens (tertiary/aromatic N) is 3. The number of carbonyl (C=O) groups is 2. The molecule has 0 bridgehead atoms. The van der Waals surface area contributed by atoms with Gasteiger partial charge in [0, 0.05) is 11.8 Å². The molecule has 180 valence electrons. The third kappa shape index (κ3) is 4.71. The van der Waals surface area contributed by atoms with Gasteiger partial charge in [0.15, 0.2) is 5.82 Å². The van der Waals surface area contributed by atoms with Gasteiger partial charge in [-0.1, -0.05) is 12.1 Å². The van der Waals surface area contributed by atoms with Crippen LogP contribution in [-0.4, -0.2) is 33.2 Å². The Morgan fingerprint density at radius 3 is 2.57 bits per heavy atom. The van der Waals surface area contributed by atoms with Gasteiger partial charge in [0.2, 0.25) is 0 Å². The molecule has 2 amide bonds. The van der Waals surface area contributed by atoms with Gasteiger partial charge >= 0.3 is 12.0 Å². The lowest BCUT2D eigenvalue weighted by Crippen LogP contribution is -2.21. The van der Waals surface area contributed by atoms with Crippen LogP contribution in [-0.2, 0) is 11.4 Å². The number of amides is 2. The first-order valence-electron chi connectivity index (χ1n) is 10.3. The zero-order valence-electron chi connectivity index (χ0n) is 18.3. The molecule has 0 aliphatic heterocycles. The summed E-state index contributed by atoms with van der Waals surface area (Å²) in [6.45, 7) is 0.921. The molecule has 2 heterocycles. The van der Waals surface area contributed by atoms with Crippen LogP contribution in [0.5, 0.6) is 0 Å². The smallest absolute Gasteiger partial charge is 0.340 e. The van der Waals surface area contributed by atoms with Crippen molar-refractivity contribution in [2.45, 2.75) is 13.6 Å². The first-order valence-corrected chi connectivity index (χ1v) is 10.3. The van der Waals surface area contributed by atoms with Crippen molar-refractivity contribution in [3.63, 3.8) is 0 Å². The molecule has 4 aromatic rings. The number of carbonyl (C=O) groups excluding carboxylic acids is 2. The van der Waals surface area contributed by atoms with E-state index in [1.165, 1.54) is 35.2 Å². The number of nitrogen functional groups attached to an aromatic ring is 1. The molecular formula is C23H19F3N6O3. The van der Waals surface area contributed by atoms with Crippen molar-refractivity contribution in [3.05, 3.63) is 71.7 Å². The monoisotopic (exact) mass is 484 g/mol. The quantitative estimate of drug-likeness (QED) is 0.345. The van der Waals surface area contributed by atoms with E-state index in [0.29, 0.717) is 0 Å². The Morgan fingerprint density at radius 2 is 1.86 bits per heavy atom. The number of nitrogens with two attached hydrogens (primary N) is 1. The number of hydrogen-bond acceptors (Lipinski definition) is 6. The normalized spacial score (nSPS) is 10.9. The predicted octanol–water partition coefficient (Wildman–Crippen LogP) is 4.55. The summed E-state index contributed by atoms with van der Waals surface area (Å²) in [6, 6.07) is 6.25. The first-order chi connectivity index (χ1) is 16.8. The maximum atomic E-state index is 15.0. The molecule has 0 saturated carbocycles. The minimum Gasteiger partial charge on any atom is -0.462 e. The summed E-state index contributed by atoms with van der Waals surface area (Å²) in [6.07, 6.45) is 2.61. The van der Waals surface area contributed by atoms with E-state index in [9.17, 15) is 22.8 Å². The van der Waals surface area contributed by atoms with Gasteiger partial charge in [0.05, 0.1) is 23.5 Å². The van der Waals surface area contributed by atoms with Crippen molar-refractivity contribution < 1.29 is 27.5 Å². The van der Waals surface area contributed by atoms with Gasteiger partial charge in [-0.3, -0.25) is 0 Å². The number of aromatic nitrogens is 3. The van der Waals surface area contributed by atoms with E-state index in [0.717, 1.165) is 18.2 Å². The molecule has 0 radical (unpaired) electrons. The minimum atomic E-state index is -0.939. The molecule has 0 aliphatic rings. The van der Waals surface area contributed by atoms with Gasteiger partial charge in [-0.05, 0) is 42.3 Å². The Bertz CT molecular complexity index is 1440. The summed E-state index contributed by atoms with van der Waals surface area (Å²) in [4.78, 5) is 28.7. The first kappa shape index (κ1) is 23.5. The number of urea groups is 1. The number of halogens is 3. The van der Waals surface area contributed by atoms with Crippen molar-refractivity contribution in [2.75, 3.05) is 23.0 Å². The highest BCUT2D eigenvalue weighted by molar-refractivity contribution is 6.05. The molecular weight excluding hydrogens is 465 g/mol. The highest BCUT2D eigenvalue weighted by Gasteiger charge is 2.23. The predicted molar refractivity (Wildman–Crippen MR) is 123 cm³/mol. The topological polar surface area (TPSA) is 124 Å². The molecule has 0 aliphatic carbocycles. The van der Waals surface area contributed by atoms with E-state index in [1.54, 1.807) is 6.92 Å². The summed E-state index contributed by atoms with van der Waals surface area (Å²) in [5, 5.41) is 8.52. The second-order valence-electron chi connectivity index (χ2n) is 7.30.